The average molecular weight is 374 g/mol. The number of anilines is 2. The molecule has 8 nitrogen and oxygen atoms in total. The number of hydrogen-bond donors (Lipinski definition) is 2. The molecule has 0 atom stereocenters. The summed E-state index contributed by atoms with van der Waals surface area (Å²) in [6, 6.07) is 11.1. The second-order valence-corrected chi connectivity index (χ2v) is 7.01. The Labute approximate surface area is 160 Å². The third-order valence-electron chi connectivity index (χ3n) is 4.98. The Hall–Kier alpha value is -3.68. The average Bonchev–Trinajstić information content (AvgIpc) is 3.22. The van der Waals surface area contributed by atoms with E-state index in [0.29, 0.717) is 11.4 Å². The lowest BCUT2D eigenvalue weighted by Crippen LogP contribution is -2.54. The van der Waals surface area contributed by atoms with Crippen molar-refractivity contribution in [3.63, 3.8) is 0 Å². The molecule has 0 spiro atoms. The first-order valence-electron chi connectivity index (χ1n) is 9.01. The molecule has 2 aromatic heterocycles. The highest BCUT2D eigenvalue weighted by Gasteiger charge is 2.32. The number of aromatic amines is 2. The number of rotatable bonds is 2. The van der Waals surface area contributed by atoms with Gasteiger partial charge in [0.2, 0.25) is 11.8 Å². The van der Waals surface area contributed by atoms with Crippen LogP contribution >= 0.6 is 0 Å². The molecular weight excluding hydrogens is 356 g/mol. The van der Waals surface area contributed by atoms with Gasteiger partial charge in [-0.1, -0.05) is 0 Å². The molecule has 2 aromatic carbocycles. The molecule has 140 valence electrons. The zero-order valence-corrected chi connectivity index (χ0v) is 15.5. The summed E-state index contributed by atoms with van der Waals surface area (Å²) >= 11 is 0. The lowest BCUT2D eigenvalue weighted by atomic mass is 10.2. The second-order valence-electron chi connectivity index (χ2n) is 7.01. The molecule has 0 bridgehead atoms. The smallest absolute Gasteiger partial charge is 0.247 e. The Kier molecular flexibility index (Phi) is 3.48. The number of hydrogen-bond acceptors (Lipinski definition) is 4. The third kappa shape index (κ3) is 2.61. The normalized spacial score (nSPS) is 15.2. The number of nitrogens with zero attached hydrogens (tertiary/aromatic N) is 4. The Balaban J connectivity index is 1.44. The largest absolute Gasteiger partial charge is 0.342 e. The van der Waals surface area contributed by atoms with Gasteiger partial charge in [-0.15, -0.1) is 0 Å². The molecule has 28 heavy (non-hydrogen) atoms. The number of aryl methyl sites for hydroxylation is 2. The number of benzene rings is 2. The predicted molar refractivity (Wildman–Crippen MR) is 106 cm³/mol. The fourth-order valence-corrected chi connectivity index (χ4v) is 3.67. The topological polar surface area (TPSA) is 98.0 Å². The molecule has 0 unspecified atom stereocenters. The molecule has 1 aliphatic rings. The SMILES string of the molecule is Cc1nc2cc(N3CC(=O)N(c4ccc5[nH]c(C)nc5c4)CC3=O)ccc2[nH]1. The van der Waals surface area contributed by atoms with Crippen molar-refractivity contribution < 1.29 is 9.59 Å². The summed E-state index contributed by atoms with van der Waals surface area (Å²) in [6.07, 6.45) is 0. The summed E-state index contributed by atoms with van der Waals surface area (Å²) in [7, 11) is 0. The van der Waals surface area contributed by atoms with Crippen molar-refractivity contribution in [2.24, 2.45) is 0 Å². The van der Waals surface area contributed by atoms with Crippen LogP contribution in [0.2, 0.25) is 0 Å². The number of amides is 2. The van der Waals surface area contributed by atoms with Gasteiger partial charge < -0.3 is 19.8 Å². The Morgan fingerprint density at radius 1 is 0.750 bits per heavy atom. The van der Waals surface area contributed by atoms with E-state index < -0.39 is 0 Å². The molecule has 0 radical (unpaired) electrons. The molecule has 2 N–H and O–H groups in total. The van der Waals surface area contributed by atoms with Gasteiger partial charge in [-0.3, -0.25) is 9.59 Å². The zero-order chi connectivity index (χ0) is 19.4. The van der Waals surface area contributed by atoms with Gasteiger partial charge in [0.15, 0.2) is 0 Å². The fraction of sp³-hybridized carbons (Fsp3) is 0.200. The van der Waals surface area contributed by atoms with Gasteiger partial charge >= 0.3 is 0 Å². The molecule has 8 heteroatoms. The number of H-pyrrole nitrogens is 2. The van der Waals surface area contributed by atoms with E-state index >= 15 is 0 Å². The number of piperazine rings is 1. The summed E-state index contributed by atoms with van der Waals surface area (Å²) in [5, 5.41) is 0. The van der Waals surface area contributed by atoms with Gasteiger partial charge in [0.05, 0.1) is 22.1 Å². The number of fused-ring (bicyclic) bond motifs is 2. The van der Waals surface area contributed by atoms with Crippen LogP contribution in [0.3, 0.4) is 0 Å². The van der Waals surface area contributed by atoms with E-state index in [-0.39, 0.29) is 24.9 Å². The van der Waals surface area contributed by atoms with E-state index in [9.17, 15) is 9.59 Å². The van der Waals surface area contributed by atoms with Crippen molar-refractivity contribution in [3.8, 4) is 0 Å². The van der Waals surface area contributed by atoms with Crippen LogP contribution in [-0.2, 0) is 9.59 Å². The number of imidazole rings is 2. The maximum Gasteiger partial charge on any atom is 0.247 e. The first kappa shape index (κ1) is 16.5. The van der Waals surface area contributed by atoms with Crippen LogP contribution in [0.15, 0.2) is 36.4 Å². The number of nitrogens with one attached hydrogen (secondary N) is 2. The lowest BCUT2D eigenvalue weighted by molar-refractivity contribution is -0.125. The standard InChI is InChI=1S/C20H18N6O2/c1-11-21-15-5-3-13(7-17(15)23-11)25-9-20(28)26(10-19(25)27)14-4-6-16-18(8-14)24-12(2)22-16/h3-8H,9-10H2,1-2H3,(H,21,23)(H,22,24). The predicted octanol–water partition coefficient (Wildman–Crippen LogP) is 2.44. The first-order chi connectivity index (χ1) is 13.5. The molecular formula is C20H18N6O2. The van der Waals surface area contributed by atoms with Crippen molar-refractivity contribution in [1.82, 2.24) is 19.9 Å². The molecule has 1 fully saturated rings. The van der Waals surface area contributed by atoms with E-state index in [1.54, 1.807) is 0 Å². The van der Waals surface area contributed by atoms with Gasteiger partial charge in [0.25, 0.3) is 0 Å². The minimum Gasteiger partial charge on any atom is -0.342 e. The van der Waals surface area contributed by atoms with Crippen LogP contribution in [0.25, 0.3) is 22.1 Å². The molecule has 4 aromatic rings. The first-order valence-corrected chi connectivity index (χ1v) is 9.01. The van der Waals surface area contributed by atoms with Gasteiger partial charge in [0, 0.05) is 11.4 Å². The van der Waals surface area contributed by atoms with Crippen LogP contribution < -0.4 is 9.80 Å². The van der Waals surface area contributed by atoms with Gasteiger partial charge in [-0.25, -0.2) is 9.97 Å². The van der Waals surface area contributed by atoms with Crippen LogP contribution in [0.4, 0.5) is 11.4 Å². The maximum absolute atomic E-state index is 12.8. The molecule has 1 aliphatic heterocycles. The molecule has 2 amide bonds. The van der Waals surface area contributed by atoms with Gasteiger partial charge in [-0.2, -0.15) is 0 Å². The van der Waals surface area contributed by atoms with Crippen LogP contribution in [-0.4, -0.2) is 44.8 Å². The minimum absolute atomic E-state index is 0.00856. The van der Waals surface area contributed by atoms with E-state index in [4.69, 9.17) is 0 Å². The molecule has 5 rings (SSSR count). The van der Waals surface area contributed by atoms with Crippen molar-refractivity contribution >= 4 is 45.3 Å². The fourth-order valence-electron chi connectivity index (χ4n) is 3.67. The second kappa shape index (κ2) is 5.91. The maximum atomic E-state index is 12.8. The summed E-state index contributed by atoms with van der Waals surface area (Å²) in [4.78, 5) is 43.8. The minimum atomic E-state index is -0.135. The van der Waals surface area contributed by atoms with Gasteiger partial charge in [0.1, 0.15) is 24.7 Å². The van der Waals surface area contributed by atoms with Gasteiger partial charge in [-0.05, 0) is 50.2 Å². The summed E-state index contributed by atoms with van der Waals surface area (Å²) in [6.45, 7) is 3.74. The highest BCUT2D eigenvalue weighted by Crippen LogP contribution is 2.26. The molecule has 1 saturated heterocycles. The van der Waals surface area contributed by atoms with Crippen molar-refractivity contribution in [3.05, 3.63) is 48.0 Å². The highest BCUT2D eigenvalue weighted by atomic mass is 16.2. The number of carbonyl (C=O) groups is 2. The Morgan fingerprint density at radius 2 is 1.18 bits per heavy atom. The Bertz CT molecular complexity index is 1160. The van der Waals surface area contributed by atoms with Crippen LogP contribution in [0.5, 0.6) is 0 Å². The van der Waals surface area contributed by atoms with Crippen molar-refractivity contribution in [1.29, 1.82) is 0 Å². The molecule has 0 aliphatic carbocycles. The number of aromatic nitrogens is 4. The lowest BCUT2D eigenvalue weighted by Gasteiger charge is -2.33. The monoisotopic (exact) mass is 374 g/mol. The highest BCUT2D eigenvalue weighted by molar-refractivity contribution is 6.13. The third-order valence-corrected chi connectivity index (χ3v) is 4.98. The van der Waals surface area contributed by atoms with Crippen molar-refractivity contribution in [2.45, 2.75) is 13.8 Å². The van der Waals surface area contributed by atoms with Crippen molar-refractivity contribution in [2.75, 3.05) is 22.9 Å². The summed E-state index contributed by atoms with van der Waals surface area (Å²) in [5.74, 6) is 1.35. The quantitative estimate of drug-likeness (QED) is 0.563. The molecule has 0 saturated carbocycles. The number of carbonyl (C=O) groups excluding carboxylic acids is 2. The zero-order valence-electron chi connectivity index (χ0n) is 15.5. The van der Waals surface area contributed by atoms with E-state index in [1.807, 2.05) is 50.2 Å². The van der Waals surface area contributed by atoms with Crippen LogP contribution in [0, 0.1) is 13.8 Å². The van der Waals surface area contributed by atoms with E-state index in [0.717, 1.165) is 33.7 Å². The Morgan fingerprint density at radius 3 is 1.61 bits per heavy atom. The summed E-state index contributed by atoms with van der Waals surface area (Å²) in [5.41, 5.74) is 4.71. The molecule has 3 heterocycles. The van der Waals surface area contributed by atoms with E-state index in [2.05, 4.69) is 19.9 Å². The van der Waals surface area contributed by atoms with Crippen LogP contribution in [0.1, 0.15) is 11.6 Å². The summed E-state index contributed by atoms with van der Waals surface area (Å²) < 4.78 is 0. The van der Waals surface area contributed by atoms with E-state index in [1.165, 1.54) is 9.80 Å².